The summed E-state index contributed by atoms with van der Waals surface area (Å²) in [5, 5.41) is 1.41. The normalized spacial score (nSPS) is 15.9. The fraction of sp³-hybridized carbons (Fsp3) is 0.308. The van der Waals surface area contributed by atoms with Gasteiger partial charge in [0.05, 0.1) is 13.2 Å². The summed E-state index contributed by atoms with van der Waals surface area (Å²) in [6.45, 7) is 3.37. The minimum absolute atomic E-state index is 0.0851. The van der Waals surface area contributed by atoms with Gasteiger partial charge in [-0.05, 0) is 25.0 Å². The van der Waals surface area contributed by atoms with Gasteiger partial charge < -0.3 is 0 Å². The summed E-state index contributed by atoms with van der Waals surface area (Å²) >= 11 is 0. The van der Waals surface area contributed by atoms with E-state index in [0.717, 1.165) is 12.0 Å². The van der Waals surface area contributed by atoms with Crippen LogP contribution in [0.25, 0.3) is 6.08 Å². The molecule has 1 aliphatic heterocycles. The second kappa shape index (κ2) is 4.94. The van der Waals surface area contributed by atoms with E-state index in [0.29, 0.717) is 13.2 Å². The number of aryl methyl sites for hydroxylation is 1. The zero-order valence-electron chi connectivity index (χ0n) is 9.35. The molecule has 1 aliphatic rings. The van der Waals surface area contributed by atoms with Crippen LogP contribution in [0, 0.1) is 6.92 Å². The number of carbonyl (C=O) groups is 1. The predicted octanol–water partition coefficient (Wildman–Crippen LogP) is 2.17. The Hall–Kier alpha value is -1.61. The SMILES string of the molecule is Cc1ccc(/C=C/C(=O)N2CCCO2)cc1. The molecule has 0 radical (unpaired) electrons. The summed E-state index contributed by atoms with van der Waals surface area (Å²) < 4.78 is 0. The minimum Gasteiger partial charge on any atom is -0.271 e. The molecular weight excluding hydrogens is 202 g/mol. The van der Waals surface area contributed by atoms with Crippen LogP contribution in [0.15, 0.2) is 30.3 Å². The van der Waals surface area contributed by atoms with Crippen molar-refractivity contribution in [2.45, 2.75) is 13.3 Å². The highest BCUT2D eigenvalue weighted by Crippen LogP contribution is 2.08. The highest BCUT2D eigenvalue weighted by Gasteiger charge is 2.16. The number of hydroxylamine groups is 2. The number of amides is 1. The second-order valence-corrected chi connectivity index (χ2v) is 3.87. The van der Waals surface area contributed by atoms with E-state index in [4.69, 9.17) is 4.84 Å². The van der Waals surface area contributed by atoms with Gasteiger partial charge in [0.25, 0.3) is 5.91 Å². The van der Waals surface area contributed by atoms with Gasteiger partial charge in [-0.2, -0.15) is 0 Å². The lowest BCUT2D eigenvalue weighted by atomic mass is 10.1. The molecule has 1 saturated heterocycles. The van der Waals surface area contributed by atoms with Crippen LogP contribution >= 0.6 is 0 Å². The molecule has 0 spiro atoms. The topological polar surface area (TPSA) is 29.5 Å². The quantitative estimate of drug-likeness (QED) is 0.710. The van der Waals surface area contributed by atoms with Crippen LogP contribution in [0.4, 0.5) is 0 Å². The van der Waals surface area contributed by atoms with Crippen LogP contribution in [0.3, 0.4) is 0 Å². The smallest absolute Gasteiger partial charge is 0.270 e. The Morgan fingerprint density at radius 1 is 1.38 bits per heavy atom. The van der Waals surface area contributed by atoms with Crippen molar-refractivity contribution in [3.05, 3.63) is 41.5 Å². The summed E-state index contributed by atoms with van der Waals surface area (Å²) in [6.07, 6.45) is 4.28. The first-order valence-corrected chi connectivity index (χ1v) is 5.45. The Bertz CT molecular complexity index is 389. The van der Waals surface area contributed by atoms with Crippen LogP contribution in [0.1, 0.15) is 17.5 Å². The first-order chi connectivity index (χ1) is 7.75. The lowest BCUT2D eigenvalue weighted by Crippen LogP contribution is -2.24. The van der Waals surface area contributed by atoms with E-state index in [1.165, 1.54) is 10.6 Å². The maximum atomic E-state index is 11.6. The largest absolute Gasteiger partial charge is 0.271 e. The van der Waals surface area contributed by atoms with E-state index in [1.807, 2.05) is 37.3 Å². The molecule has 0 atom stereocenters. The third-order valence-electron chi connectivity index (χ3n) is 2.49. The van der Waals surface area contributed by atoms with Crippen LogP contribution in [-0.2, 0) is 9.63 Å². The Labute approximate surface area is 95.3 Å². The molecule has 0 aliphatic carbocycles. The standard InChI is InChI=1S/C13H15NO2/c1-11-3-5-12(6-4-11)7-8-13(15)14-9-2-10-16-14/h3-8H,2,9-10H2,1H3/b8-7+. The van der Waals surface area contributed by atoms with Crippen LogP contribution in [0.5, 0.6) is 0 Å². The van der Waals surface area contributed by atoms with Crippen molar-refractivity contribution in [3.8, 4) is 0 Å². The average Bonchev–Trinajstić information content (AvgIpc) is 2.81. The van der Waals surface area contributed by atoms with Crippen molar-refractivity contribution in [3.63, 3.8) is 0 Å². The van der Waals surface area contributed by atoms with Gasteiger partial charge in [-0.3, -0.25) is 9.63 Å². The molecule has 0 bridgehead atoms. The molecule has 1 amide bonds. The summed E-state index contributed by atoms with van der Waals surface area (Å²) in [5.41, 5.74) is 2.24. The average molecular weight is 217 g/mol. The fourth-order valence-corrected chi connectivity index (χ4v) is 1.55. The van der Waals surface area contributed by atoms with Gasteiger partial charge in [-0.25, -0.2) is 5.06 Å². The molecule has 16 heavy (non-hydrogen) atoms. The number of nitrogens with zero attached hydrogens (tertiary/aromatic N) is 1. The Balaban J connectivity index is 1.97. The molecule has 0 saturated carbocycles. The van der Waals surface area contributed by atoms with Gasteiger partial charge in [-0.15, -0.1) is 0 Å². The van der Waals surface area contributed by atoms with Crippen molar-refractivity contribution >= 4 is 12.0 Å². The summed E-state index contributed by atoms with van der Waals surface area (Å²) in [7, 11) is 0. The molecule has 0 unspecified atom stereocenters. The lowest BCUT2D eigenvalue weighted by molar-refractivity contribution is -0.162. The maximum absolute atomic E-state index is 11.6. The summed E-state index contributed by atoms with van der Waals surface area (Å²) in [6, 6.07) is 8.03. The summed E-state index contributed by atoms with van der Waals surface area (Å²) in [5.74, 6) is -0.0851. The third kappa shape index (κ3) is 2.70. The van der Waals surface area contributed by atoms with Gasteiger partial charge in [0.2, 0.25) is 0 Å². The molecule has 3 heteroatoms. The third-order valence-corrected chi connectivity index (χ3v) is 2.49. The molecule has 1 heterocycles. The Kier molecular flexibility index (Phi) is 3.37. The second-order valence-electron chi connectivity index (χ2n) is 3.87. The predicted molar refractivity (Wildman–Crippen MR) is 62.5 cm³/mol. The first-order valence-electron chi connectivity index (χ1n) is 5.45. The van der Waals surface area contributed by atoms with Crippen molar-refractivity contribution in [1.82, 2.24) is 5.06 Å². The molecular formula is C13H15NO2. The highest BCUT2D eigenvalue weighted by atomic mass is 16.7. The number of rotatable bonds is 2. The van der Waals surface area contributed by atoms with Crippen LogP contribution in [0.2, 0.25) is 0 Å². The van der Waals surface area contributed by atoms with E-state index in [9.17, 15) is 4.79 Å². The maximum Gasteiger partial charge on any atom is 0.270 e. The fourth-order valence-electron chi connectivity index (χ4n) is 1.55. The van der Waals surface area contributed by atoms with Gasteiger partial charge >= 0.3 is 0 Å². The van der Waals surface area contributed by atoms with E-state index in [2.05, 4.69) is 0 Å². The zero-order chi connectivity index (χ0) is 11.4. The molecule has 0 N–H and O–H groups in total. The van der Waals surface area contributed by atoms with Crippen molar-refractivity contribution in [2.24, 2.45) is 0 Å². The molecule has 1 aromatic rings. The van der Waals surface area contributed by atoms with Crippen LogP contribution in [-0.4, -0.2) is 24.1 Å². The van der Waals surface area contributed by atoms with Crippen molar-refractivity contribution in [1.29, 1.82) is 0 Å². The summed E-state index contributed by atoms with van der Waals surface area (Å²) in [4.78, 5) is 16.8. The minimum atomic E-state index is -0.0851. The molecule has 2 rings (SSSR count). The van der Waals surface area contributed by atoms with E-state index in [-0.39, 0.29) is 5.91 Å². The van der Waals surface area contributed by atoms with Gasteiger partial charge in [0.1, 0.15) is 0 Å². The van der Waals surface area contributed by atoms with E-state index in [1.54, 1.807) is 6.08 Å². The van der Waals surface area contributed by atoms with Crippen molar-refractivity contribution < 1.29 is 9.63 Å². The Morgan fingerprint density at radius 3 is 2.75 bits per heavy atom. The van der Waals surface area contributed by atoms with Crippen LogP contribution < -0.4 is 0 Å². The lowest BCUT2D eigenvalue weighted by Gasteiger charge is -2.10. The number of hydrogen-bond acceptors (Lipinski definition) is 2. The van der Waals surface area contributed by atoms with Crippen molar-refractivity contribution in [2.75, 3.05) is 13.2 Å². The monoisotopic (exact) mass is 217 g/mol. The molecule has 1 aromatic carbocycles. The molecule has 84 valence electrons. The van der Waals surface area contributed by atoms with Gasteiger partial charge in [-0.1, -0.05) is 29.8 Å². The Morgan fingerprint density at radius 2 is 2.12 bits per heavy atom. The first kappa shape index (κ1) is 10.9. The molecule has 3 nitrogen and oxygen atoms in total. The van der Waals surface area contributed by atoms with Gasteiger partial charge in [0.15, 0.2) is 0 Å². The van der Waals surface area contributed by atoms with E-state index >= 15 is 0 Å². The highest BCUT2D eigenvalue weighted by molar-refractivity contribution is 5.91. The van der Waals surface area contributed by atoms with E-state index < -0.39 is 0 Å². The number of hydrogen-bond donors (Lipinski definition) is 0. The number of benzene rings is 1. The van der Waals surface area contributed by atoms with Gasteiger partial charge in [0, 0.05) is 6.08 Å². The molecule has 0 aromatic heterocycles. The zero-order valence-corrected chi connectivity index (χ0v) is 9.35. The molecule has 1 fully saturated rings. The number of carbonyl (C=O) groups excluding carboxylic acids is 1.